The van der Waals surface area contributed by atoms with Gasteiger partial charge in [-0.2, -0.15) is 0 Å². The summed E-state index contributed by atoms with van der Waals surface area (Å²) in [7, 11) is -1.32. The van der Waals surface area contributed by atoms with Crippen LogP contribution in [0.2, 0.25) is 0 Å². The highest BCUT2D eigenvalue weighted by atomic mass is 31.1. The third-order valence-corrected chi connectivity index (χ3v) is 9.97. The van der Waals surface area contributed by atoms with Crippen LogP contribution >= 0.6 is 7.80 Å². The second-order valence-electron chi connectivity index (χ2n) is 11.0. The van der Waals surface area contributed by atoms with Crippen LogP contribution in [0.5, 0.6) is 0 Å². The van der Waals surface area contributed by atoms with Crippen LogP contribution in [-0.2, 0) is 14.1 Å². The van der Waals surface area contributed by atoms with Gasteiger partial charge in [-0.25, -0.2) is 4.79 Å². The first kappa shape index (κ1) is 31.5. The molecule has 2 saturated carbocycles. The molecule has 2 aliphatic rings. The fourth-order valence-corrected chi connectivity index (χ4v) is 7.85. The van der Waals surface area contributed by atoms with Gasteiger partial charge < -0.3 is 9.30 Å². The molecule has 200 valence electrons. The van der Waals surface area contributed by atoms with Crippen LogP contribution < -0.4 is 0 Å². The van der Waals surface area contributed by atoms with Crippen LogP contribution in [0.3, 0.4) is 0 Å². The molecule has 0 heterocycles. The van der Waals surface area contributed by atoms with Gasteiger partial charge in [-0.15, -0.1) is 0 Å². The van der Waals surface area contributed by atoms with Gasteiger partial charge in [0.05, 0.1) is 7.80 Å². The average Bonchev–Trinajstić information content (AvgIpc) is 3.54. The van der Waals surface area contributed by atoms with Gasteiger partial charge in [-0.3, -0.25) is 0 Å². The first-order chi connectivity index (χ1) is 16.4. The van der Waals surface area contributed by atoms with E-state index < -0.39 is 7.80 Å². The summed E-state index contributed by atoms with van der Waals surface area (Å²) in [5.74, 6) is 1.98. The van der Waals surface area contributed by atoms with Gasteiger partial charge in [0.2, 0.25) is 0 Å². The van der Waals surface area contributed by atoms with Crippen molar-refractivity contribution < 1.29 is 14.1 Å². The summed E-state index contributed by atoms with van der Waals surface area (Å²) in [6, 6.07) is 0. The Balaban J connectivity index is 0.000000341. The van der Waals surface area contributed by atoms with E-state index in [2.05, 4.69) is 33.8 Å². The van der Waals surface area contributed by atoms with E-state index in [4.69, 9.17) is 4.74 Å². The zero-order valence-corrected chi connectivity index (χ0v) is 24.3. The molecule has 4 heteroatoms. The fourth-order valence-electron chi connectivity index (χ4n) is 5.41. The van der Waals surface area contributed by atoms with Crippen LogP contribution in [0.15, 0.2) is 11.6 Å². The van der Waals surface area contributed by atoms with Gasteiger partial charge in [0, 0.05) is 17.9 Å². The zero-order valence-electron chi connectivity index (χ0n) is 23.3. The molecule has 0 aromatic heterocycles. The summed E-state index contributed by atoms with van der Waals surface area (Å²) in [5, 5.41) is 0. The number of carbonyl (C=O) groups excluding carboxylic acids is 1. The minimum absolute atomic E-state index is 0.0844. The Kier molecular flexibility index (Phi) is 18.1. The van der Waals surface area contributed by atoms with Gasteiger partial charge in [-0.1, -0.05) is 98.0 Å². The molecular formula is C30H57O3P. The maximum Gasteiger partial charge on any atom is 0.333 e. The predicted molar refractivity (Wildman–Crippen MR) is 149 cm³/mol. The van der Waals surface area contributed by atoms with E-state index in [-0.39, 0.29) is 12.1 Å². The summed E-state index contributed by atoms with van der Waals surface area (Å²) in [5.41, 5.74) is 0.818. The van der Waals surface area contributed by atoms with Crippen molar-refractivity contribution in [2.24, 2.45) is 17.8 Å². The number of ether oxygens (including phenoxy) is 1. The molecule has 0 aliphatic heterocycles. The van der Waals surface area contributed by atoms with Crippen LogP contribution in [0.25, 0.3) is 0 Å². The standard InChI is InChI=1S/C16H35OP.C14H22O2/c1-5-9-11-15(7-3)13-18(17)14-16(8-4)12-10-6-2;1-11(10-12-6-2-3-7-12)14(15)16-13-8-4-5-9-13/h15-16,18H,5-14H2,1-4H3;10,12-13H,2-9H2,1H3. The third-order valence-electron chi connectivity index (χ3n) is 7.90. The van der Waals surface area contributed by atoms with Crippen molar-refractivity contribution in [3.63, 3.8) is 0 Å². The summed E-state index contributed by atoms with van der Waals surface area (Å²) in [4.78, 5) is 11.8. The molecule has 0 N–H and O–H groups in total. The Morgan fingerprint density at radius 1 is 0.853 bits per heavy atom. The van der Waals surface area contributed by atoms with E-state index in [1.165, 1.54) is 89.9 Å². The molecule has 0 aromatic rings. The lowest BCUT2D eigenvalue weighted by atomic mass is 10.0. The Morgan fingerprint density at radius 2 is 1.32 bits per heavy atom. The molecular weight excluding hydrogens is 439 g/mol. The van der Waals surface area contributed by atoms with E-state index in [0.717, 1.165) is 42.6 Å². The Bertz CT molecular complexity index is 554. The van der Waals surface area contributed by atoms with Crippen molar-refractivity contribution in [2.45, 2.75) is 143 Å². The van der Waals surface area contributed by atoms with Gasteiger partial charge in [0.15, 0.2) is 0 Å². The topological polar surface area (TPSA) is 43.4 Å². The number of esters is 1. The van der Waals surface area contributed by atoms with Crippen molar-refractivity contribution in [3.05, 3.63) is 11.6 Å². The van der Waals surface area contributed by atoms with E-state index in [1.54, 1.807) is 0 Å². The van der Waals surface area contributed by atoms with Gasteiger partial charge in [0.25, 0.3) is 0 Å². The molecule has 2 rings (SSSR count). The Labute approximate surface area is 213 Å². The second kappa shape index (κ2) is 19.6. The summed E-state index contributed by atoms with van der Waals surface area (Å²) in [6.45, 7) is 10.9. The summed E-state index contributed by atoms with van der Waals surface area (Å²) in [6.07, 6.45) is 24.2. The second-order valence-corrected chi connectivity index (χ2v) is 12.9. The molecule has 2 atom stereocenters. The van der Waals surface area contributed by atoms with Crippen molar-refractivity contribution in [3.8, 4) is 0 Å². The number of allylic oxidation sites excluding steroid dienone is 1. The molecule has 0 radical (unpaired) electrons. The lowest BCUT2D eigenvalue weighted by Crippen LogP contribution is -2.15. The molecule has 0 aromatic carbocycles. The molecule has 2 aliphatic carbocycles. The van der Waals surface area contributed by atoms with E-state index in [0.29, 0.717) is 5.92 Å². The quantitative estimate of drug-likeness (QED) is 0.129. The van der Waals surface area contributed by atoms with Crippen LogP contribution in [0, 0.1) is 17.8 Å². The van der Waals surface area contributed by atoms with Crippen LogP contribution in [0.4, 0.5) is 0 Å². The molecule has 2 fully saturated rings. The smallest absolute Gasteiger partial charge is 0.333 e. The first-order valence-electron chi connectivity index (χ1n) is 14.8. The Morgan fingerprint density at radius 3 is 1.76 bits per heavy atom. The first-order valence-corrected chi connectivity index (χ1v) is 16.7. The SMILES string of the molecule is CC(=CC1CCCC1)C(=O)OC1CCCC1.CCCCC(CC)C[PH](=O)CC(CC)CCCC. The highest BCUT2D eigenvalue weighted by Gasteiger charge is 2.21. The molecule has 34 heavy (non-hydrogen) atoms. The average molecular weight is 497 g/mol. The third kappa shape index (κ3) is 14.1. The number of unbranched alkanes of at least 4 members (excludes halogenated alkanes) is 2. The lowest BCUT2D eigenvalue weighted by Gasteiger charge is -2.18. The zero-order chi connectivity index (χ0) is 25.2. The van der Waals surface area contributed by atoms with Crippen LogP contribution in [0.1, 0.15) is 137 Å². The molecule has 0 spiro atoms. The molecule has 0 amide bonds. The number of carbonyl (C=O) groups is 1. The molecule has 3 nitrogen and oxygen atoms in total. The number of rotatable bonds is 15. The van der Waals surface area contributed by atoms with Crippen LogP contribution in [-0.4, -0.2) is 24.4 Å². The largest absolute Gasteiger partial charge is 0.459 e. The highest BCUT2D eigenvalue weighted by Crippen LogP contribution is 2.33. The molecule has 2 unspecified atom stereocenters. The van der Waals surface area contributed by atoms with E-state index in [9.17, 15) is 9.36 Å². The highest BCUT2D eigenvalue weighted by molar-refractivity contribution is 7.44. The molecule has 0 bridgehead atoms. The van der Waals surface area contributed by atoms with E-state index >= 15 is 0 Å². The van der Waals surface area contributed by atoms with Crippen molar-refractivity contribution in [1.82, 2.24) is 0 Å². The van der Waals surface area contributed by atoms with Crippen molar-refractivity contribution in [1.29, 1.82) is 0 Å². The number of hydrogen-bond donors (Lipinski definition) is 0. The van der Waals surface area contributed by atoms with Gasteiger partial charge >= 0.3 is 5.97 Å². The number of hydrogen-bond acceptors (Lipinski definition) is 3. The normalized spacial score (nSPS) is 20.0. The van der Waals surface area contributed by atoms with Gasteiger partial charge in [0.1, 0.15) is 6.10 Å². The maximum absolute atomic E-state index is 12.3. The summed E-state index contributed by atoms with van der Waals surface area (Å²) >= 11 is 0. The monoisotopic (exact) mass is 496 g/mol. The molecule has 0 saturated heterocycles. The van der Waals surface area contributed by atoms with Crippen molar-refractivity contribution in [2.75, 3.05) is 12.3 Å². The minimum atomic E-state index is -1.32. The van der Waals surface area contributed by atoms with Gasteiger partial charge in [-0.05, 0) is 63.2 Å². The van der Waals surface area contributed by atoms with E-state index in [1.807, 2.05) is 6.92 Å². The predicted octanol–water partition coefficient (Wildman–Crippen LogP) is 9.59. The lowest BCUT2D eigenvalue weighted by molar-refractivity contribution is -0.143. The Hall–Kier alpha value is -0.560. The maximum atomic E-state index is 12.3. The van der Waals surface area contributed by atoms with Crippen molar-refractivity contribution >= 4 is 13.8 Å². The summed E-state index contributed by atoms with van der Waals surface area (Å²) < 4.78 is 17.8. The fraction of sp³-hybridized carbons (Fsp3) is 0.900. The minimum Gasteiger partial charge on any atom is -0.459 e.